The molecule has 0 amide bonds. The molecule has 4 nitrogen and oxygen atoms in total. The second kappa shape index (κ2) is 5.77. The Bertz CT molecular complexity index is 593. The van der Waals surface area contributed by atoms with Gasteiger partial charge >= 0.3 is 5.97 Å². The zero-order chi connectivity index (χ0) is 13.7. The first kappa shape index (κ1) is 12.8. The Labute approximate surface area is 108 Å². The normalized spacial score (nSPS) is 9.74. The van der Waals surface area contributed by atoms with E-state index in [9.17, 15) is 14.0 Å². The van der Waals surface area contributed by atoms with E-state index in [1.807, 2.05) is 0 Å². The molecule has 0 aliphatic heterocycles. The van der Waals surface area contributed by atoms with Crippen LogP contribution in [0.5, 0.6) is 11.5 Å². The van der Waals surface area contributed by atoms with Gasteiger partial charge in [0.05, 0.1) is 0 Å². The fraction of sp³-hybridized carbons (Fsp3) is 0. The maximum atomic E-state index is 12.7. The van der Waals surface area contributed by atoms with Crippen LogP contribution in [0.3, 0.4) is 0 Å². The molecule has 2 aromatic carbocycles. The number of hydrogen-bond donors (Lipinski definition) is 0. The maximum Gasteiger partial charge on any atom is 0.347 e. The van der Waals surface area contributed by atoms with E-state index >= 15 is 0 Å². The second-order valence-electron chi connectivity index (χ2n) is 3.55. The zero-order valence-corrected chi connectivity index (χ0v) is 9.71. The van der Waals surface area contributed by atoms with Crippen LogP contribution >= 0.6 is 0 Å². The third-order valence-electron chi connectivity index (χ3n) is 2.31. The van der Waals surface area contributed by atoms with E-state index in [4.69, 9.17) is 4.74 Å². The third kappa shape index (κ3) is 3.16. The summed E-state index contributed by atoms with van der Waals surface area (Å²) in [6.45, 7) is 0.226. The Kier molecular flexibility index (Phi) is 3.87. The molecule has 0 aromatic heterocycles. The Hall–Kier alpha value is -2.69. The fourth-order valence-corrected chi connectivity index (χ4v) is 1.45. The van der Waals surface area contributed by atoms with Crippen molar-refractivity contribution in [3.63, 3.8) is 0 Å². The van der Waals surface area contributed by atoms with E-state index in [0.717, 1.165) is 0 Å². The molecule has 2 rings (SSSR count). The predicted octanol–water partition coefficient (Wildman–Crippen LogP) is 2.58. The number of para-hydroxylation sites is 1. The second-order valence-corrected chi connectivity index (χ2v) is 3.55. The number of rotatable bonds is 4. The summed E-state index contributed by atoms with van der Waals surface area (Å²) in [5, 5.41) is 0. The van der Waals surface area contributed by atoms with Crippen LogP contribution in [0.2, 0.25) is 0 Å². The predicted molar refractivity (Wildman–Crippen MR) is 64.5 cm³/mol. The Morgan fingerprint density at radius 2 is 1.74 bits per heavy atom. The summed E-state index contributed by atoms with van der Waals surface area (Å²) in [7, 11) is 0. The van der Waals surface area contributed by atoms with Gasteiger partial charge in [-0.3, -0.25) is 4.79 Å². The van der Waals surface area contributed by atoms with Gasteiger partial charge in [-0.05, 0) is 36.4 Å². The van der Waals surface area contributed by atoms with Crippen molar-refractivity contribution < 1.29 is 23.5 Å². The molecule has 0 aliphatic rings. The fourth-order valence-electron chi connectivity index (χ4n) is 1.45. The van der Waals surface area contributed by atoms with Crippen molar-refractivity contribution in [3.8, 4) is 11.5 Å². The lowest BCUT2D eigenvalue weighted by Gasteiger charge is -2.07. The molecule has 19 heavy (non-hydrogen) atoms. The van der Waals surface area contributed by atoms with Crippen LogP contribution in [-0.2, 0) is 4.79 Å². The van der Waals surface area contributed by atoms with Crippen LogP contribution in [0.4, 0.5) is 4.39 Å². The van der Waals surface area contributed by atoms with Crippen LogP contribution in [-0.4, -0.2) is 12.4 Å². The number of ether oxygens (including phenoxy) is 2. The summed E-state index contributed by atoms with van der Waals surface area (Å²) in [5.74, 6) is -0.814. The molecule has 0 saturated heterocycles. The highest BCUT2D eigenvalue weighted by Crippen LogP contribution is 2.20. The van der Waals surface area contributed by atoms with E-state index in [-0.39, 0.29) is 23.5 Å². The van der Waals surface area contributed by atoms with Gasteiger partial charge in [-0.2, -0.15) is 0 Å². The summed E-state index contributed by atoms with van der Waals surface area (Å²) in [6, 6.07) is 11.2. The quantitative estimate of drug-likeness (QED) is 0.481. The molecule has 0 spiro atoms. The van der Waals surface area contributed by atoms with Gasteiger partial charge in [-0.25, -0.2) is 9.18 Å². The molecular formula is C14H9FO4. The van der Waals surface area contributed by atoms with E-state index in [1.54, 1.807) is 12.1 Å². The third-order valence-corrected chi connectivity index (χ3v) is 2.31. The summed E-state index contributed by atoms with van der Waals surface area (Å²) < 4.78 is 22.4. The van der Waals surface area contributed by atoms with E-state index in [2.05, 4.69) is 4.74 Å². The lowest BCUT2D eigenvalue weighted by Crippen LogP contribution is -2.10. The van der Waals surface area contributed by atoms with Crippen molar-refractivity contribution >= 4 is 12.4 Å². The molecule has 0 bridgehead atoms. The minimum absolute atomic E-state index is 0.101. The van der Waals surface area contributed by atoms with Crippen molar-refractivity contribution in [2.45, 2.75) is 0 Å². The molecule has 0 heterocycles. The molecule has 2 aromatic rings. The van der Waals surface area contributed by atoms with Gasteiger partial charge in [0.25, 0.3) is 6.47 Å². The van der Waals surface area contributed by atoms with Gasteiger partial charge in [0.2, 0.25) is 0 Å². The number of carbonyl (C=O) groups excluding carboxylic acids is 2. The Balaban J connectivity index is 2.20. The van der Waals surface area contributed by atoms with E-state index in [1.165, 1.54) is 36.4 Å². The highest BCUT2D eigenvalue weighted by atomic mass is 19.1. The minimum Gasteiger partial charge on any atom is -0.428 e. The molecule has 0 N–H and O–H groups in total. The molecule has 0 unspecified atom stereocenters. The lowest BCUT2D eigenvalue weighted by molar-refractivity contribution is -0.120. The van der Waals surface area contributed by atoms with Crippen molar-refractivity contribution in [3.05, 3.63) is 59.9 Å². The van der Waals surface area contributed by atoms with Crippen molar-refractivity contribution in [1.29, 1.82) is 0 Å². The molecule has 0 atom stereocenters. The summed E-state index contributed by atoms with van der Waals surface area (Å²) in [6.07, 6.45) is 0. The molecular weight excluding hydrogens is 251 g/mol. The van der Waals surface area contributed by atoms with Gasteiger partial charge < -0.3 is 9.47 Å². The highest BCUT2D eigenvalue weighted by Gasteiger charge is 2.14. The highest BCUT2D eigenvalue weighted by molar-refractivity contribution is 5.94. The number of halogens is 1. The van der Waals surface area contributed by atoms with Gasteiger partial charge in [-0.1, -0.05) is 12.1 Å². The van der Waals surface area contributed by atoms with Crippen LogP contribution in [0.15, 0.2) is 48.5 Å². The maximum absolute atomic E-state index is 12.7. The SMILES string of the molecule is O=COc1ccccc1C(=O)Oc1ccc(F)cc1. The first-order valence-corrected chi connectivity index (χ1v) is 5.38. The molecule has 96 valence electrons. The topological polar surface area (TPSA) is 52.6 Å². The number of hydrogen-bond acceptors (Lipinski definition) is 4. The smallest absolute Gasteiger partial charge is 0.347 e. The number of carbonyl (C=O) groups is 2. The molecule has 0 radical (unpaired) electrons. The molecule has 0 saturated carbocycles. The standard InChI is InChI=1S/C14H9FO4/c15-10-5-7-11(8-6-10)19-14(17)12-3-1-2-4-13(12)18-9-16/h1-9H. The Morgan fingerprint density at radius 3 is 2.42 bits per heavy atom. The minimum atomic E-state index is -0.691. The average molecular weight is 260 g/mol. The average Bonchev–Trinajstić information content (AvgIpc) is 2.42. The summed E-state index contributed by atoms with van der Waals surface area (Å²) in [4.78, 5) is 22.2. The van der Waals surface area contributed by atoms with Gasteiger partial charge in [0.15, 0.2) is 0 Å². The largest absolute Gasteiger partial charge is 0.428 e. The molecule has 5 heteroatoms. The number of benzene rings is 2. The van der Waals surface area contributed by atoms with Crippen molar-refractivity contribution in [1.82, 2.24) is 0 Å². The molecule has 0 aliphatic carbocycles. The molecule has 0 fully saturated rings. The summed E-state index contributed by atoms with van der Waals surface area (Å²) in [5.41, 5.74) is 0.110. The van der Waals surface area contributed by atoms with Crippen molar-refractivity contribution in [2.24, 2.45) is 0 Å². The van der Waals surface area contributed by atoms with Crippen molar-refractivity contribution in [2.75, 3.05) is 0 Å². The first-order valence-electron chi connectivity index (χ1n) is 5.38. The van der Waals surface area contributed by atoms with Crippen LogP contribution in [0.1, 0.15) is 10.4 Å². The van der Waals surface area contributed by atoms with E-state index in [0.29, 0.717) is 0 Å². The Morgan fingerprint density at radius 1 is 1.05 bits per heavy atom. The van der Waals surface area contributed by atoms with E-state index < -0.39 is 11.8 Å². The monoisotopic (exact) mass is 260 g/mol. The van der Waals surface area contributed by atoms with Gasteiger partial charge in [-0.15, -0.1) is 0 Å². The first-order chi connectivity index (χ1) is 9.20. The van der Waals surface area contributed by atoms with Crippen LogP contribution in [0.25, 0.3) is 0 Å². The number of esters is 1. The van der Waals surface area contributed by atoms with Crippen LogP contribution < -0.4 is 9.47 Å². The van der Waals surface area contributed by atoms with Gasteiger partial charge in [0.1, 0.15) is 22.9 Å². The van der Waals surface area contributed by atoms with Crippen LogP contribution in [0, 0.1) is 5.82 Å². The summed E-state index contributed by atoms with van der Waals surface area (Å²) >= 11 is 0. The van der Waals surface area contributed by atoms with Gasteiger partial charge in [0, 0.05) is 0 Å². The zero-order valence-electron chi connectivity index (χ0n) is 9.71. The lowest BCUT2D eigenvalue weighted by atomic mass is 10.2.